The highest BCUT2D eigenvalue weighted by molar-refractivity contribution is 5.95. The maximum absolute atomic E-state index is 13.0. The summed E-state index contributed by atoms with van der Waals surface area (Å²) in [5.74, 6) is -0.974. The summed E-state index contributed by atoms with van der Waals surface area (Å²) in [5, 5.41) is 3.90. The lowest BCUT2D eigenvalue weighted by atomic mass is 10.2. The van der Waals surface area contributed by atoms with Gasteiger partial charge in [0.05, 0.1) is 18.9 Å². The van der Waals surface area contributed by atoms with Crippen LogP contribution in [0.25, 0.3) is 0 Å². The Bertz CT molecular complexity index is 1040. The van der Waals surface area contributed by atoms with Gasteiger partial charge in [0, 0.05) is 18.0 Å². The summed E-state index contributed by atoms with van der Waals surface area (Å²) in [6.45, 7) is 0. The standard InChI is InChI=1S/C21H16FN3O4/c1-28-19-12-14(13-24-25-20(26)15-8-10-23-11-9-15)2-7-18(19)29-21(27)16-3-5-17(22)6-4-16/h2-13H,1H3,(H,25,26)/b24-13-. The predicted octanol–water partition coefficient (Wildman–Crippen LogP) is 3.21. The Kier molecular flexibility index (Phi) is 6.26. The number of rotatable bonds is 6. The number of methoxy groups -OCH3 is 1. The average Bonchev–Trinajstić information content (AvgIpc) is 2.75. The Labute approximate surface area is 165 Å². The first-order chi connectivity index (χ1) is 14.1. The number of carbonyl (C=O) groups is 2. The largest absolute Gasteiger partial charge is 0.493 e. The van der Waals surface area contributed by atoms with Crippen LogP contribution in [0.5, 0.6) is 11.5 Å². The number of aromatic nitrogens is 1. The number of halogens is 1. The SMILES string of the molecule is COc1cc(/C=N\NC(=O)c2ccncc2)ccc1OC(=O)c1ccc(F)cc1. The van der Waals surface area contributed by atoms with Gasteiger partial charge in [-0.15, -0.1) is 0 Å². The van der Waals surface area contributed by atoms with Crippen molar-refractivity contribution in [1.29, 1.82) is 0 Å². The van der Waals surface area contributed by atoms with Crippen molar-refractivity contribution in [2.75, 3.05) is 7.11 Å². The van der Waals surface area contributed by atoms with Gasteiger partial charge in [-0.05, 0) is 60.2 Å². The zero-order valence-corrected chi connectivity index (χ0v) is 15.3. The van der Waals surface area contributed by atoms with Gasteiger partial charge < -0.3 is 9.47 Å². The number of ether oxygens (including phenoxy) is 2. The number of esters is 1. The Morgan fingerprint density at radius 2 is 1.72 bits per heavy atom. The van der Waals surface area contributed by atoms with Crippen LogP contribution in [0.1, 0.15) is 26.3 Å². The molecule has 0 aliphatic rings. The van der Waals surface area contributed by atoms with Crippen molar-refractivity contribution < 1.29 is 23.5 Å². The fraction of sp³-hybridized carbons (Fsp3) is 0.0476. The van der Waals surface area contributed by atoms with Crippen LogP contribution in [0.3, 0.4) is 0 Å². The first kappa shape index (κ1) is 19.7. The van der Waals surface area contributed by atoms with E-state index in [9.17, 15) is 14.0 Å². The van der Waals surface area contributed by atoms with E-state index in [0.717, 1.165) is 0 Å². The molecule has 1 amide bonds. The van der Waals surface area contributed by atoms with Gasteiger partial charge in [0.2, 0.25) is 0 Å². The highest BCUT2D eigenvalue weighted by Gasteiger charge is 2.13. The lowest BCUT2D eigenvalue weighted by Gasteiger charge is -2.10. The van der Waals surface area contributed by atoms with E-state index in [-0.39, 0.29) is 17.2 Å². The number of hydrazone groups is 1. The molecular formula is C21H16FN3O4. The van der Waals surface area contributed by atoms with E-state index in [4.69, 9.17) is 9.47 Å². The molecule has 0 saturated heterocycles. The molecule has 29 heavy (non-hydrogen) atoms. The summed E-state index contributed by atoms with van der Waals surface area (Å²) < 4.78 is 23.5. The molecule has 3 rings (SSSR count). The Hall–Kier alpha value is -4.07. The third-order valence-electron chi connectivity index (χ3n) is 3.79. The summed E-state index contributed by atoms with van der Waals surface area (Å²) in [6.07, 6.45) is 4.44. The van der Waals surface area contributed by atoms with Crippen LogP contribution in [0.2, 0.25) is 0 Å². The minimum atomic E-state index is -0.644. The van der Waals surface area contributed by atoms with Crippen molar-refractivity contribution in [2.24, 2.45) is 5.10 Å². The van der Waals surface area contributed by atoms with Crippen LogP contribution < -0.4 is 14.9 Å². The zero-order chi connectivity index (χ0) is 20.6. The molecule has 1 heterocycles. The highest BCUT2D eigenvalue weighted by atomic mass is 19.1. The Morgan fingerprint density at radius 1 is 1.00 bits per heavy atom. The molecule has 0 bridgehead atoms. The van der Waals surface area contributed by atoms with E-state index in [1.165, 1.54) is 56.0 Å². The van der Waals surface area contributed by atoms with Gasteiger partial charge in [0.15, 0.2) is 11.5 Å². The molecular weight excluding hydrogens is 377 g/mol. The molecule has 0 atom stereocenters. The third kappa shape index (κ3) is 5.23. The molecule has 7 nitrogen and oxygen atoms in total. The van der Waals surface area contributed by atoms with E-state index in [1.807, 2.05) is 0 Å². The maximum atomic E-state index is 13.0. The van der Waals surface area contributed by atoms with E-state index >= 15 is 0 Å². The smallest absolute Gasteiger partial charge is 0.343 e. The second kappa shape index (κ2) is 9.23. The number of hydrogen-bond donors (Lipinski definition) is 1. The van der Waals surface area contributed by atoms with Crippen LogP contribution in [0.15, 0.2) is 72.1 Å². The molecule has 3 aromatic rings. The highest BCUT2D eigenvalue weighted by Crippen LogP contribution is 2.28. The number of pyridine rings is 1. The summed E-state index contributed by atoms with van der Waals surface area (Å²) in [4.78, 5) is 28.0. The molecule has 1 aromatic heterocycles. The Balaban J connectivity index is 1.67. The molecule has 8 heteroatoms. The predicted molar refractivity (Wildman–Crippen MR) is 104 cm³/mol. The van der Waals surface area contributed by atoms with E-state index in [2.05, 4.69) is 15.5 Å². The van der Waals surface area contributed by atoms with Crippen molar-refractivity contribution in [3.63, 3.8) is 0 Å². The van der Waals surface area contributed by atoms with Crippen LogP contribution in [0, 0.1) is 5.82 Å². The number of nitrogens with zero attached hydrogens (tertiary/aromatic N) is 2. The molecule has 1 N–H and O–H groups in total. The summed E-state index contributed by atoms with van der Waals surface area (Å²) in [6, 6.07) is 12.9. The quantitative estimate of drug-likeness (QED) is 0.301. The second-order valence-electron chi connectivity index (χ2n) is 5.74. The second-order valence-corrected chi connectivity index (χ2v) is 5.74. The van der Waals surface area contributed by atoms with Crippen molar-refractivity contribution in [2.45, 2.75) is 0 Å². The molecule has 0 aliphatic heterocycles. The van der Waals surface area contributed by atoms with Gasteiger partial charge in [-0.3, -0.25) is 9.78 Å². The number of amides is 1. The molecule has 0 radical (unpaired) electrons. The first-order valence-electron chi connectivity index (χ1n) is 8.46. The number of carbonyl (C=O) groups excluding carboxylic acids is 2. The van der Waals surface area contributed by atoms with Crippen LogP contribution in [-0.2, 0) is 0 Å². The van der Waals surface area contributed by atoms with Crippen molar-refractivity contribution in [3.8, 4) is 11.5 Å². The van der Waals surface area contributed by atoms with Crippen molar-refractivity contribution in [1.82, 2.24) is 10.4 Å². The normalized spacial score (nSPS) is 10.6. The third-order valence-corrected chi connectivity index (χ3v) is 3.79. The average molecular weight is 393 g/mol. The minimum Gasteiger partial charge on any atom is -0.493 e. The van der Waals surface area contributed by atoms with Gasteiger partial charge in [0.25, 0.3) is 5.91 Å². The molecule has 0 saturated carbocycles. The lowest BCUT2D eigenvalue weighted by Crippen LogP contribution is -2.17. The van der Waals surface area contributed by atoms with Crippen LogP contribution in [-0.4, -0.2) is 30.2 Å². The van der Waals surface area contributed by atoms with E-state index < -0.39 is 11.8 Å². The zero-order valence-electron chi connectivity index (χ0n) is 15.3. The number of benzene rings is 2. The van der Waals surface area contributed by atoms with Gasteiger partial charge in [-0.1, -0.05) is 0 Å². The number of hydrogen-bond acceptors (Lipinski definition) is 6. The summed E-state index contributed by atoms with van der Waals surface area (Å²) in [5.41, 5.74) is 3.65. The first-order valence-corrected chi connectivity index (χ1v) is 8.46. The monoisotopic (exact) mass is 393 g/mol. The van der Waals surface area contributed by atoms with Crippen LogP contribution >= 0.6 is 0 Å². The van der Waals surface area contributed by atoms with Crippen molar-refractivity contribution in [3.05, 3.63) is 89.5 Å². The maximum Gasteiger partial charge on any atom is 0.343 e. The topological polar surface area (TPSA) is 89.9 Å². The minimum absolute atomic E-state index is 0.194. The fourth-order valence-electron chi connectivity index (χ4n) is 2.33. The molecule has 146 valence electrons. The Morgan fingerprint density at radius 3 is 2.41 bits per heavy atom. The lowest BCUT2D eigenvalue weighted by molar-refractivity contribution is 0.0729. The summed E-state index contributed by atoms with van der Waals surface area (Å²) >= 11 is 0. The van der Waals surface area contributed by atoms with Crippen molar-refractivity contribution >= 4 is 18.1 Å². The fourth-order valence-corrected chi connectivity index (χ4v) is 2.33. The summed E-state index contributed by atoms with van der Waals surface area (Å²) in [7, 11) is 1.43. The number of nitrogens with one attached hydrogen (secondary N) is 1. The van der Waals surface area contributed by atoms with E-state index in [1.54, 1.807) is 24.3 Å². The molecule has 0 spiro atoms. The van der Waals surface area contributed by atoms with Gasteiger partial charge in [0.1, 0.15) is 5.82 Å². The van der Waals surface area contributed by atoms with Gasteiger partial charge in [-0.25, -0.2) is 14.6 Å². The van der Waals surface area contributed by atoms with Gasteiger partial charge >= 0.3 is 5.97 Å². The molecule has 0 unspecified atom stereocenters. The van der Waals surface area contributed by atoms with Gasteiger partial charge in [-0.2, -0.15) is 5.10 Å². The molecule has 0 fully saturated rings. The van der Waals surface area contributed by atoms with Crippen LogP contribution in [0.4, 0.5) is 4.39 Å². The van der Waals surface area contributed by atoms with E-state index in [0.29, 0.717) is 16.9 Å². The molecule has 0 aliphatic carbocycles. The molecule has 2 aromatic carbocycles.